The zero-order valence-electron chi connectivity index (χ0n) is 16.8. The zero-order valence-corrected chi connectivity index (χ0v) is 16.8. The average molecular weight is 400 g/mol. The molecule has 0 saturated heterocycles. The van der Waals surface area contributed by atoms with Crippen LogP contribution in [0.15, 0.2) is 103 Å². The lowest BCUT2D eigenvalue weighted by Crippen LogP contribution is -2.39. The molecule has 0 N–H and O–H groups in total. The van der Waals surface area contributed by atoms with Gasteiger partial charge < -0.3 is 14.2 Å². The molecule has 0 fully saturated rings. The molecule has 3 aromatic carbocycles. The summed E-state index contributed by atoms with van der Waals surface area (Å²) in [6.07, 6.45) is 1.93. The van der Waals surface area contributed by atoms with E-state index in [-0.39, 0.29) is 12.4 Å². The van der Waals surface area contributed by atoms with Crippen LogP contribution in [0.1, 0.15) is 16.7 Å². The van der Waals surface area contributed by atoms with Gasteiger partial charge in [0.1, 0.15) is 11.7 Å². The standard InChI is InChI=1S/C26H24O4/c1-28-25-24(27)18-17-23(30-25)19-29-26(20-11-5-2-6-12-20,21-13-7-3-8-14-21)22-15-9-4-10-16-22/h2-18,23,25H,19H2,1H3/t23-,25-/m0/s1. The van der Waals surface area contributed by atoms with Gasteiger partial charge in [0.05, 0.1) is 6.61 Å². The van der Waals surface area contributed by atoms with Crippen molar-refractivity contribution in [2.45, 2.75) is 18.0 Å². The summed E-state index contributed by atoms with van der Waals surface area (Å²) in [5.74, 6) is -0.200. The summed E-state index contributed by atoms with van der Waals surface area (Å²) in [6.45, 7) is 0.252. The van der Waals surface area contributed by atoms with Gasteiger partial charge in [-0.05, 0) is 28.8 Å². The Kier molecular flexibility index (Phi) is 6.19. The molecule has 0 bridgehead atoms. The number of hydrogen-bond donors (Lipinski definition) is 0. The van der Waals surface area contributed by atoms with E-state index in [0.29, 0.717) is 0 Å². The number of rotatable bonds is 7. The van der Waals surface area contributed by atoms with E-state index in [4.69, 9.17) is 14.2 Å². The van der Waals surface area contributed by atoms with Crippen molar-refractivity contribution in [1.29, 1.82) is 0 Å². The second-order valence-corrected chi connectivity index (χ2v) is 7.09. The van der Waals surface area contributed by atoms with Crippen molar-refractivity contribution < 1.29 is 19.0 Å². The first-order chi connectivity index (χ1) is 14.7. The van der Waals surface area contributed by atoms with Crippen molar-refractivity contribution in [3.63, 3.8) is 0 Å². The van der Waals surface area contributed by atoms with Gasteiger partial charge in [-0.1, -0.05) is 91.0 Å². The largest absolute Gasteiger partial charge is 0.358 e. The van der Waals surface area contributed by atoms with E-state index < -0.39 is 18.0 Å². The average Bonchev–Trinajstić information content (AvgIpc) is 2.82. The SMILES string of the molecule is CO[C@H]1O[C@H](COC(c2ccccc2)(c2ccccc2)c2ccccc2)C=CC1=O. The summed E-state index contributed by atoms with van der Waals surface area (Å²) in [5.41, 5.74) is 2.22. The van der Waals surface area contributed by atoms with E-state index in [2.05, 4.69) is 36.4 Å². The van der Waals surface area contributed by atoms with Crippen LogP contribution in [0.4, 0.5) is 0 Å². The zero-order chi connectivity index (χ0) is 20.8. The molecule has 0 aromatic heterocycles. The second-order valence-electron chi connectivity index (χ2n) is 7.09. The first kappa shape index (κ1) is 20.2. The van der Waals surface area contributed by atoms with E-state index in [1.165, 1.54) is 13.2 Å². The minimum absolute atomic E-state index is 0.200. The Labute approximate surface area is 176 Å². The molecule has 1 aliphatic heterocycles. The molecule has 3 aromatic rings. The molecule has 152 valence electrons. The third kappa shape index (κ3) is 3.98. The van der Waals surface area contributed by atoms with E-state index in [0.717, 1.165) is 16.7 Å². The molecular formula is C26H24O4. The van der Waals surface area contributed by atoms with E-state index in [1.54, 1.807) is 6.08 Å². The van der Waals surface area contributed by atoms with Crippen molar-refractivity contribution in [1.82, 2.24) is 0 Å². The minimum Gasteiger partial charge on any atom is -0.358 e. The van der Waals surface area contributed by atoms with Crippen LogP contribution in [0.25, 0.3) is 0 Å². The number of carbonyl (C=O) groups is 1. The van der Waals surface area contributed by atoms with Crippen LogP contribution in [0.3, 0.4) is 0 Å². The normalized spacial score (nSPS) is 19.0. The number of carbonyl (C=O) groups excluding carboxylic acids is 1. The first-order valence-corrected chi connectivity index (χ1v) is 9.95. The van der Waals surface area contributed by atoms with Gasteiger partial charge in [-0.3, -0.25) is 4.79 Å². The number of ketones is 1. The predicted molar refractivity (Wildman–Crippen MR) is 115 cm³/mol. The molecule has 0 saturated carbocycles. The summed E-state index contributed by atoms with van der Waals surface area (Å²) in [5, 5.41) is 0. The lowest BCUT2D eigenvalue weighted by atomic mass is 9.80. The highest BCUT2D eigenvalue weighted by Gasteiger charge is 2.38. The van der Waals surface area contributed by atoms with E-state index in [1.807, 2.05) is 54.6 Å². The molecule has 0 radical (unpaired) electrons. The molecule has 30 heavy (non-hydrogen) atoms. The highest BCUT2D eigenvalue weighted by molar-refractivity contribution is 5.93. The Morgan fingerprint density at radius 1 is 0.800 bits per heavy atom. The summed E-state index contributed by atoms with van der Waals surface area (Å²) in [4.78, 5) is 11.9. The topological polar surface area (TPSA) is 44.8 Å². The van der Waals surface area contributed by atoms with E-state index in [9.17, 15) is 4.79 Å². The van der Waals surface area contributed by atoms with Crippen molar-refractivity contribution in [2.75, 3.05) is 13.7 Å². The molecule has 0 amide bonds. The second kappa shape index (κ2) is 9.18. The Morgan fingerprint density at radius 2 is 1.27 bits per heavy atom. The fourth-order valence-electron chi connectivity index (χ4n) is 3.79. The molecular weight excluding hydrogens is 376 g/mol. The molecule has 4 heteroatoms. The fourth-order valence-corrected chi connectivity index (χ4v) is 3.79. The monoisotopic (exact) mass is 400 g/mol. The van der Waals surface area contributed by atoms with Gasteiger partial charge in [0.15, 0.2) is 0 Å². The lowest BCUT2D eigenvalue weighted by molar-refractivity contribution is -0.178. The minimum atomic E-state index is -0.900. The quantitative estimate of drug-likeness (QED) is 0.548. The van der Waals surface area contributed by atoms with Crippen LogP contribution >= 0.6 is 0 Å². The van der Waals surface area contributed by atoms with Gasteiger partial charge >= 0.3 is 0 Å². The molecule has 2 atom stereocenters. The van der Waals surface area contributed by atoms with Gasteiger partial charge in [-0.15, -0.1) is 0 Å². The summed E-state index contributed by atoms with van der Waals surface area (Å²) >= 11 is 0. The van der Waals surface area contributed by atoms with Crippen molar-refractivity contribution in [3.8, 4) is 0 Å². The highest BCUT2D eigenvalue weighted by Crippen LogP contribution is 2.40. The van der Waals surface area contributed by atoms with Crippen LogP contribution in [-0.2, 0) is 24.6 Å². The first-order valence-electron chi connectivity index (χ1n) is 9.95. The number of benzene rings is 3. The van der Waals surface area contributed by atoms with Gasteiger partial charge in [0.2, 0.25) is 12.1 Å². The maximum Gasteiger partial charge on any atom is 0.222 e. The number of methoxy groups -OCH3 is 1. The molecule has 4 nitrogen and oxygen atoms in total. The Hall–Kier alpha value is -3.05. The maximum atomic E-state index is 11.9. The van der Waals surface area contributed by atoms with Crippen LogP contribution in [0.5, 0.6) is 0 Å². The number of ether oxygens (including phenoxy) is 3. The lowest BCUT2D eigenvalue weighted by Gasteiger charge is -2.37. The third-order valence-corrected chi connectivity index (χ3v) is 5.22. The third-order valence-electron chi connectivity index (χ3n) is 5.22. The molecule has 0 unspecified atom stereocenters. The van der Waals surface area contributed by atoms with Crippen LogP contribution in [0.2, 0.25) is 0 Å². The molecule has 1 heterocycles. The van der Waals surface area contributed by atoms with Crippen molar-refractivity contribution >= 4 is 5.78 Å². The fraction of sp³-hybridized carbons (Fsp3) is 0.192. The summed E-state index contributed by atoms with van der Waals surface area (Å²) in [6, 6.07) is 30.4. The summed E-state index contributed by atoms with van der Waals surface area (Å²) < 4.78 is 17.6. The summed E-state index contributed by atoms with van der Waals surface area (Å²) in [7, 11) is 1.46. The van der Waals surface area contributed by atoms with Crippen LogP contribution in [-0.4, -0.2) is 31.9 Å². The Morgan fingerprint density at radius 3 is 1.70 bits per heavy atom. The highest BCUT2D eigenvalue weighted by atomic mass is 16.7. The molecule has 4 rings (SSSR count). The smallest absolute Gasteiger partial charge is 0.222 e. The predicted octanol–water partition coefficient (Wildman–Crippen LogP) is 4.49. The van der Waals surface area contributed by atoms with Crippen molar-refractivity contribution in [2.24, 2.45) is 0 Å². The van der Waals surface area contributed by atoms with Gasteiger partial charge in [0, 0.05) is 7.11 Å². The Balaban J connectivity index is 1.77. The van der Waals surface area contributed by atoms with Crippen molar-refractivity contribution in [3.05, 3.63) is 120 Å². The van der Waals surface area contributed by atoms with Gasteiger partial charge in [-0.2, -0.15) is 0 Å². The van der Waals surface area contributed by atoms with E-state index >= 15 is 0 Å². The molecule has 0 spiro atoms. The van der Waals surface area contributed by atoms with Gasteiger partial charge in [-0.25, -0.2) is 0 Å². The molecule has 0 aliphatic carbocycles. The van der Waals surface area contributed by atoms with Crippen LogP contribution in [0, 0.1) is 0 Å². The Bertz CT molecular complexity index is 887. The maximum absolute atomic E-state index is 11.9. The number of hydrogen-bond acceptors (Lipinski definition) is 4. The van der Waals surface area contributed by atoms with Gasteiger partial charge in [0.25, 0.3) is 0 Å². The van der Waals surface area contributed by atoms with Crippen LogP contribution < -0.4 is 0 Å². The molecule has 1 aliphatic rings.